The zero-order valence-electron chi connectivity index (χ0n) is 14.0. The molecular weight excluding hydrogens is 326 g/mol. The number of halogens is 1. The van der Waals surface area contributed by atoms with Crippen molar-refractivity contribution in [2.45, 2.75) is 20.4 Å². The number of aromatic nitrogens is 2. The van der Waals surface area contributed by atoms with Crippen LogP contribution >= 0.6 is 0 Å². The number of aromatic amines is 1. The number of fused-ring (bicyclic) bond motifs is 1. The number of nitrogens with zero attached hydrogens (tertiary/aromatic N) is 1. The standard InChI is InChI=1S/C18H21N3O2.ClH/c1-4-23-17-10-13(8-9-16(17)22-3)11-19-14-6-5-7-15-18(14)21-12(2)20-15;/h5-10,19H,4,11H2,1-3H3,(H,20,21);1H/p-1. The van der Waals surface area contributed by atoms with Gasteiger partial charge in [-0.3, -0.25) is 0 Å². The fourth-order valence-corrected chi connectivity index (χ4v) is 2.59. The van der Waals surface area contributed by atoms with E-state index in [1.807, 2.05) is 50.2 Å². The highest BCUT2D eigenvalue weighted by Crippen LogP contribution is 2.29. The molecule has 5 nitrogen and oxygen atoms in total. The van der Waals surface area contributed by atoms with Crippen LogP contribution in [-0.4, -0.2) is 23.7 Å². The van der Waals surface area contributed by atoms with Crippen LogP contribution in [-0.2, 0) is 6.54 Å². The van der Waals surface area contributed by atoms with Crippen LogP contribution < -0.4 is 27.2 Å². The van der Waals surface area contributed by atoms with Crippen LogP contribution in [0.15, 0.2) is 36.4 Å². The molecule has 1 aromatic heterocycles. The van der Waals surface area contributed by atoms with Crippen molar-refractivity contribution in [3.63, 3.8) is 0 Å². The van der Waals surface area contributed by atoms with E-state index in [0.29, 0.717) is 13.2 Å². The zero-order valence-corrected chi connectivity index (χ0v) is 14.8. The molecule has 2 aromatic carbocycles. The summed E-state index contributed by atoms with van der Waals surface area (Å²) in [5.74, 6) is 2.43. The number of imidazole rings is 1. The first kappa shape index (κ1) is 17.9. The molecule has 0 aliphatic rings. The molecule has 3 rings (SSSR count). The van der Waals surface area contributed by atoms with E-state index in [4.69, 9.17) is 9.47 Å². The number of ether oxygens (including phenoxy) is 2. The quantitative estimate of drug-likeness (QED) is 0.696. The predicted octanol–water partition coefficient (Wildman–Crippen LogP) is 0.895. The lowest BCUT2D eigenvalue weighted by molar-refractivity contribution is -0.00000566. The van der Waals surface area contributed by atoms with Gasteiger partial charge in [0, 0.05) is 6.54 Å². The largest absolute Gasteiger partial charge is 1.00 e. The molecule has 0 atom stereocenters. The van der Waals surface area contributed by atoms with Gasteiger partial charge in [-0.25, -0.2) is 4.98 Å². The summed E-state index contributed by atoms with van der Waals surface area (Å²) >= 11 is 0. The van der Waals surface area contributed by atoms with Gasteiger partial charge in [0.05, 0.1) is 24.9 Å². The third kappa shape index (κ3) is 3.74. The fourth-order valence-electron chi connectivity index (χ4n) is 2.59. The molecule has 0 fully saturated rings. The summed E-state index contributed by atoms with van der Waals surface area (Å²) < 4.78 is 10.9. The van der Waals surface area contributed by atoms with Gasteiger partial charge in [-0.1, -0.05) is 12.1 Å². The molecule has 0 saturated heterocycles. The smallest absolute Gasteiger partial charge is 0.161 e. The number of para-hydroxylation sites is 1. The van der Waals surface area contributed by atoms with Crippen molar-refractivity contribution < 1.29 is 21.9 Å². The number of aryl methyl sites for hydroxylation is 1. The Hall–Kier alpha value is -2.40. The van der Waals surface area contributed by atoms with Gasteiger partial charge in [-0.15, -0.1) is 0 Å². The molecule has 0 bridgehead atoms. The van der Waals surface area contributed by atoms with Gasteiger partial charge in [-0.2, -0.15) is 0 Å². The Morgan fingerprint density at radius 3 is 2.75 bits per heavy atom. The van der Waals surface area contributed by atoms with Gasteiger partial charge in [0.25, 0.3) is 0 Å². The van der Waals surface area contributed by atoms with E-state index in [-0.39, 0.29) is 12.4 Å². The number of rotatable bonds is 6. The zero-order chi connectivity index (χ0) is 16.2. The fraction of sp³-hybridized carbons (Fsp3) is 0.278. The van der Waals surface area contributed by atoms with Crippen molar-refractivity contribution in [2.24, 2.45) is 0 Å². The summed E-state index contributed by atoms with van der Waals surface area (Å²) in [7, 11) is 1.65. The molecule has 0 radical (unpaired) electrons. The molecule has 0 amide bonds. The van der Waals surface area contributed by atoms with Crippen molar-refractivity contribution in [2.75, 3.05) is 19.0 Å². The van der Waals surface area contributed by atoms with Crippen molar-refractivity contribution in [1.82, 2.24) is 9.97 Å². The molecule has 2 N–H and O–H groups in total. The van der Waals surface area contributed by atoms with Gasteiger partial charge in [0.2, 0.25) is 0 Å². The van der Waals surface area contributed by atoms with Gasteiger partial charge in [0.1, 0.15) is 11.3 Å². The molecule has 6 heteroatoms. The van der Waals surface area contributed by atoms with Crippen LogP contribution in [0.1, 0.15) is 18.3 Å². The maximum atomic E-state index is 5.62. The van der Waals surface area contributed by atoms with E-state index in [1.54, 1.807) is 7.11 Å². The van der Waals surface area contributed by atoms with Crippen molar-refractivity contribution in [1.29, 1.82) is 0 Å². The Kier molecular flexibility index (Phi) is 5.93. The maximum Gasteiger partial charge on any atom is 0.161 e. The van der Waals surface area contributed by atoms with E-state index in [1.165, 1.54) is 0 Å². The average molecular weight is 347 g/mol. The predicted molar refractivity (Wildman–Crippen MR) is 92.3 cm³/mol. The minimum Gasteiger partial charge on any atom is -1.00 e. The van der Waals surface area contributed by atoms with Crippen molar-refractivity contribution in [3.8, 4) is 11.5 Å². The first-order valence-electron chi connectivity index (χ1n) is 7.70. The van der Waals surface area contributed by atoms with Gasteiger partial charge >= 0.3 is 0 Å². The van der Waals surface area contributed by atoms with Crippen molar-refractivity contribution >= 4 is 16.7 Å². The molecule has 1 heterocycles. The van der Waals surface area contributed by atoms with E-state index in [2.05, 4.69) is 15.3 Å². The second-order valence-electron chi connectivity index (χ2n) is 5.30. The number of benzene rings is 2. The van der Waals surface area contributed by atoms with Gasteiger partial charge in [-0.05, 0) is 43.7 Å². The number of nitrogens with one attached hydrogen (secondary N) is 2. The minimum absolute atomic E-state index is 0. The summed E-state index contributed by atoms with van der Waals surface area (Å²) in [5, 5.41) is 3.45. The molecule has 0 aliphatic carbocycles. The lowest BCUT2D eigenvalue weighted by Gasteiger charge is -2.12. The van der Waals surface area contributed by atoms with Crippen LogP contribution in [0.3, 0.4) is 0 Å². The van der Waals surface area contributed by atoms with E-state index in [0.717, 1.165) is 39.6 Å². The molecule has 0 aliphatic heterocycles. The summed E-state index contributed by atoms with van der Waals surface area (Å²) in [6, 6.07) is 12.1. The Bertz CT molecular complexity index is 817. The van der Waals surface area contributed by atoms with E-state index in [9.17, 15) is 0 Å². The van der Waals surface area contributed by atoms with Gasteiger partial charge in [0.15, 0.2) is 11.5 Å². The van der Waals surface area contributed by atoms with Crippen molar-refractivity contribution in [3.05, 3.63) is 47.8 Å². The Morgan fingerprint density at radius 1 is 1.17 bits per heavy atom. The Balaban J connectivity index is 0.00000208. The second kappa shape index (κ2) is 7.93. The monoisotopic (exact) mass is 346 g/mol. The average Bonchev–Trinajstić information content (AvgIpc) is 2.94. The molecule has 0 spiro atoms. The molecule has 0 unspecified atom stereocenters. The summed E-state index contributed by atoms with van der Waals surface area (Å²) in [6.07, 6.45) is 0. The summed E-state index contributed by atoms with van der Waals surface area (Å²) in [5.41, 5.74) is 4.14. The number of hydrogen-bond donors (Lipinski definition) is 2. The molecule has 128 valence electrons. The molecular formula is C18H21ClN3O2-. The molecule has 3 aromatic rings. The molecule has 24 heavy (non-hydrogen) atoms. The summed E-state index contributed by atoms with van der Waals surface area (Å²) in [6.45, 7) is 5.22. The third-order valence-electron chi connectivity index (χ3n) is 3.64. The van der Waals surface area contributed by atoms with Gasteiger partial charge < -0.3 is 32.2 Å². The third-order valence-corrected chi connectivity index (χ3v) is 3.64. The highest BCUT2D eigenvalue weighted by atomic mass is 35.5. The minimum atomic E-state index is 0. The second-order valence-corrected chi connectivity index (χ2v) is 5.30. The normalized spacial score (nSPS) is 10.3. The highest BCUT2D eigenvalue weighted by molar-refractivity contribution is 5.88. The SMILES string of the molecule is CCOc1cc(CNc2cccc3[nH]c(C)nc23)ccc1OC.[Cl-]. The Labute approximate surface area is 147 Å². The summed E-state index contributed by atoms with van der Waals surface area (Å²) in [4.78, 5) is 7.79. The van der Waals surface area contributed by atoms with Crippen LogP contribution in [0, 0.1) is 6.92 Å². The number of methoxy groups -OCH3 is 1. The van der Waals surface area contributed by atoms with Crippen LogP contribution in [0.2, 0.25) is 0 Å². The highest BCUT2D eigenvalue weighted by Gasteiger charge is 2.07. The maximum absolute atomic E-state index is 5.62. The lowest BCUT2D eigenvalue weighted by atomic mass is 10.2. The van der Waals surface area contributed by atoms with Crippen LogP contribution in [0.25, 0.3) is 11.0 Å². The number of H-pyrrole nitrogens is 1. The lowest BCUT2D eigenvalue weighted by Crippen LogP contribution is -3.00. The van der Waals surface area contributed by atoms with E-state index < -0.39 is 0 Å². The first-order chi connectivity index (χ1) is 11.2. The Morgan fingerprint density at radius 2 is 2.00 bits per heavy atom. The van der Waals surface area contributed by atoms with Crippen LogP contribution in [0.4, 0.5) is 5.69 Å². The van der Waals surface area contributed by atoms with Crippen LogP contribution in [0.5, 0.6) is 11.5 Å². The number of anilines is 1. The molecule has 0 saturated carbocycles. The number of hydrogen-bond acceptors (Lipinski definition) is 4. The first-order valence-corrected chi connectivity index (χ1v) is 7.70. The topological polar surface area (TPSA) is 59.2 Å². The van der Waals surface area contributed by atoms with E-state index >= 15 is 0 Å².